The third kappa shape index (κ3) is 3.23. The molecule has 120 valence electrons. The van der Waals surface area contributed by atoms with Crippen LogP contribution < -0.4 is 4.90 Å². The molecule has 3 rings (SSSR count). The summed E-state index contributed by atoms with van der Waals surface area (Å²) in [6, 6.07) is 5.96. The summed E-state index contributed by atoms with van der Waals surface area (Å²) in [6.45, 7) is 4.65. The molecule has 1 spiro atoms. The van der Waals surface area contributed by atoms with Crippen molar-refractivity contribution in [2.75, 3.05) is 58.0 Å². The van der Waals surface area contributed by atoms with E-state index >= 15 is 0 Å². The smallest absolute Gasteiger partial charge is 0.248 e. The number of carbonyl (C=O) groups is 1. The zero-order valence-corrected chi connectivity index (χ0v) is 13.0. The summed E-state index contributed by atoms with van der Waals surface area (Å²) in [6.07, 6.45) is 2.83. The van der Waals surface area contributed by atoms with Crippen molar-refractivity contribution in [3.63, 3.8) is 0 Å². The van der Waals surface area contributed by atoms with E-state index in [1.165, 1.54) is 0 Å². The molecule has 2 aliphatic rings. The van der Waals surface area contributed by atoms with Crippen LogP contribution in [0.1, 0.15) is 6.42 Å². The molecule has 0 bridgehead atoms. The first-order valence-corrected chi connectivity index (χ1v) is 7.73. The minimum atomic E-state index is -0.00256. The number of rotatable bonds is 3. The Kier molecular flexibility index (Phi) is 4.59. The van der Waals surface area contributed by atoms with E-state index in [9.17, 15) is 4.79 Å². The number of nitrogens with zero attached hydrogens (tertiary/aromatic N) is 3. The van der Waals surface area contributed by atoms with Crippen molar-refractivity contribution in [3.8, 4) is 0 Å². The van der Waals surface area contributed by atoms with Crippen LogP contribution in [-0.4, -0.2) is 68.9 Å². The number of carbonyl (C=O) groups excluding carboxylic acids is 1. The lowest BCUT2D eigenvalue weighted by Gasteiger charge is -2.31. The lowest BCUT2D eigenvalue weighted by atomic mass is 9.87. The first-order chi connectivity index (χ1) is 10.7. The van der Waals surface area contributed by atoms with Gasteiger partial charge in [0.15, 0.2) is 0 Å². The highest BCUT2D eigenvalue weighted by Crippen LogP contribution is 2.35. The molecule has 0 unspecified atom stereocenters. The lowest BCUT2D eigenvalue weighted by Crippen LogP contribution is -2.44. The van der Waals surface area contributed by atoms with Crippen molar-refractivity contribution in [2.24, 2.45) is 5.41 Å². The van der Waals surface area contributed by atoms with Crippen LogP contribution in [0.15, 0.2) is 24.4 Å². The predicted molar refractivity (Wildman–Crippen MR) is 82.8 cm³/mol. The minimum absolute atomic E-state index is 0.00256. The van der Waals surface area contributed by atoms with Gasteiger partial charge in [0.2, 0.25) is 5.91 Å². The van der Waals surface area contributed by atoms with E-state index in [1.54, 1.807) is 7.11 Å². The highest BCUT2D eigenvalue weighted by atomic mass is 16.5. The molecule has 3 heterocycles. The second-order valence-electron chi connectivity index (χ2n) is 6.16. The van der Waals surface area contributed by atoms with Gasteiger partial charge in [-0.1, -0.05) is 6.07 Å². The molecule has 1 aromatic rings. The summed E-state index contributed by atoms with van der Waals surface area (Å²) < 4.78 is 10.8. The zero-order valence-electron chi connectivity index (χ0n) is 13.0. The second kappa shape index (κ2) is 6.62. The fourth-order valence-corrected chi connectivity index (χ4v) is 3.34. The molecule has 2 fully saturated rings. The minimum Gasteiger partial charge on any atom is -0.379 e. The third-order valence-corrected chi connectivity index (χ3v) is 4.47. The summed E-state index contributed by atoms with van der Waals surface area (Å²) in [4.78, 5) is 20.8. The fraction of sp³-hybridized carbons (Fsp3) is 0.625. The van der Waals surface area contributed by atoms with E-state index in [0.29, 0.717) is 19.8 Å². The van der Waals surface area contributed by atoms with Crippen molar-refractivity contribution < 1.29 is 14.3 Å². The summed E-state index contributed by atoms with van der Waals surface area (Å²) in [5.74, 6) is 1.04. The quantitative estimate of drug-likeness (QED) is 0.826. The van der Waals surface area contributed by atoms with Crippen molar-refractivity contribution in [1.29, 1.82) is 0 Å². The van der Waals surface area contributed by atoms with Crippen LogP contribution in [-0.2, 0) is 14.3 Å². The average molecular weight is 305 g/mol. The Balaban J connectivity index is 1.71. The molecule has 1 atom stereocenters. The first-order valence-electron chi connectivity index (χ1n) is 7.73. The van der Waals surface area contributed by atoms with Crippen LogP contribution in [0.4, 0.5) is 5.82 Å². The molecule has 22 heavy (non-hydrogen) atoms. The van der Waals surface area contributed by atoms with Crippen LogP contribution in [0.2, 0.25) is 0 Å². The van der Waals surface area contributed by atoms with Gasteiger partial charge < -0.3 is 19.3 Å². The number of pyridine rings is 1. The Bertz CT molecular complexity index is 511. The fourth-order valence-electron chi connectivity index (χ4n) is 3.34. The van der Waals surface area contributed by atoms with Gasteiger partial charge in [0, 0.05) is 44.9 Å². The maximum atomic E-state index is 12.2. The normalized spacial score (nSPS) is 25.5. The highest BCUT2D eigenvalue weighted by Gasteiger charge is 2.42. The van der Waals surface area contributed by atoms with Crippen molar-refractivity contribution >= 4 is 11.7 Å². The number of ether oxygens (including phenoxy) is 2. The Labute approximate surface area is 131 Å². The first kappa shape index (κ1) is 15.2. The van der Waals surface area contributed by atoms with Gasteiger partial charge in [-0.15, -0.1) is 0 Å². The number of methoxy groups -OCH3 is 1. The number of hydrogen-bond donors (Lipinski definition) is 0. The summed E-state index contributed by atoms with van der Waals surface area (Å²) in [7, 11) is 1.56. The van der Waals surface area contributed by atoms with Gasteiger partial charge in [-0.3, -0.25) is 4.79 Å². The molecule has 0 N–H and O–H groups in total. The molecule has 2 aliphatic heterocycles. The van der Waals surface area contributed by atoms with Gasteiger partial charge >= 0.3 is 0 Å². The van der Waals surface area contributed by atoms with Crippen molar-refractivity contribution in [2.45, 2.75) is 6.42 Å². The van der Waals surface area contributed by atoms with Crippen LogP contribution in [0, 0.1) is 5.41 Å². The van der Waals surface area contributed by atoms with E-state index < -0.39 is 0 Å². The average Bonchev–Trinajstić information content (AvgIpc) is 2.83. The molecule has 0 saturated carbocycles. The highest BCUT2D eigenvalue weighted by molar-refractivity contribution is 5.77. The topological polar surface area (TPSA) is 54.9 Å². The number of hydrogen-bond acceptors (Lipinski definition) is 5. The molecule has 1 amide bonds. The predicted octanol–water partition coefficient (Wildman–Crippen LogP) is 0.783. The van der Waals surface area contributed by atoms with Crippen LogP contribution >= 0.6 is 0 Å². The monoisotopic (exact) mass is 305 g/mol. The Morgan fingerprint density at radius 3 is 3.09 bits per heavy atom. The van der Waals surface area contributed by atoms with Gasteiger partial charge in [0.05, 0.1) is 13.2 Å². The Morgan fingerprint density at radius 1 is 1.41 bits per heavy atom. The molecule has 1 aromatic heterocycles. The molecular formula is C16H23N3O3. The van der Waals surface area contributed by atoms with Crippen molar-refractivity contribution in [3.05, 3.63) is 24.4 Å². The van der Waals surface area contributed by atoms with E-state index in [1.807, 2.05) is 29.3 Å². The lowest BCUT2D eigenvalue weighted by molar-refractivity contribution is -0.136. The third-order valence-electron chi connectivity index (χ3n) is 4.47. The molecule has 6 nitrogen and oxygen atoms in total. The SMILES string of the molecule is COCC(=O)N1CCOC[C@]2(CCN(c3ccccn3)C2)C1. The van der Waals surface area contributed by atoms with E-state index in [-0.39, 0.29) is 17.9 Å². The second-order valence-corrected chi connectivity index (χ2v) is 6.16. The largest absolute Gasteiger partial charge is 0.379 e. The summed E-state index contributed by atoms with van der Waals surface area (Å²) >= 11 is 0. The Hall–Kier alpha value is -1.66. The molecule has 0 radical (unpaired) electrons. The molecule has 0 aliphatic carbocycles. The van der Waals surface area contributed by atoms with Crippen LogP contribution in [0.25, 0.3) is 0 Å². The standard InChI is InChI=1S/C16H23N3O3/c1-21-10-15(20)19-8-9-22-13-16(12-19)5-7-18(11-16)14-4-2-3-6-17-14/h2-4,6H,5,7-13H2,1H3/t16-/m0/s1. The summed E-state index contributed by atoms with van der Waals surface area (Å²) in [5.41, 5.74) is -0.00256. The van der Waals surface area contributed by atoms with Gasteiger partial charge in [-0.25, -0.2) is 4.98 Å². The molecule has 2 saturated heterocycles. The number of aromatic nitrogens is 1. The molecular weight excluding hydrogens is 282 g/mol. The maximum absolute atomic E-state index is 12.2. The zero-order chi connectivity index (χ0) is 15.4. The Morgan fingerprint density at radius 2 is 2.32 bits per heavy atom. The number of anilines is 1. The van der Waals surface area contributed by atoms with Gasteiger partial charge in [-0.2, -0.15) is 0 Å². The maximum Gasteiger partial charge on any atom is 0.248 e. The molecule has 6 heteroatoms. The van der Waals surface area contributed by atoms with Crippen LogP contribution in [0.5, 0.6) is 0 Å². The van der Waals surface area contributed by atoms with E-state index in [4.69, 9.17) is 9.47 Å². The van der Waals surface area contributed by atoms with Gasteiger partial charge in [0.1, 0.15) is 12.4 Å². The number of amides is 1. The van der Waals surface area contributed by atoms with E-state index in [2.05, 4.69) is 9.88 Å². The van der Waals surface area contributed by atoms with Gasteiger partial charge in [-0.05, 0) is 18.6 Å². The summed E-state index contributed by atoms with van der Waals surface area (Å²) in [5, 5.41) is 0. The van der Waals surface area contributed by atoms with Crippen LogP contribution in [0.3, 0.4) is 0 Å². The van der Waals surface area contributed by atoms with Gasteiger partial charge in [0.25, 0.3) is 0 Å². The van der Waals surface area contributed by atoms with E-state index in [0.717, 1.165) is 31.9 Å². The van der Waals surface area contributed by atoms with Crippen molar-refractivity contribution in [1.82, 2.24) is 9.88 Å². The molecule has 0 aromatic carbocycles.